The van der Waals surface area contributed by atoms with Crippen molar-refractivity contribution in [1.82, 2.24) is 9.80 Å². The first kappa shape index (κ1) is 16.1. The van der Waals surface area contributed by atoms with Crippen LogP contribution in [0.4, 0.5) is 4.79 Å². The number of nitrogens with zero attached hydrogens (tertiary/aromatic N) is 2. The maximum absolute atomic E-state index is 12.6. The van der Waals surface area contributed by atoms with Gasteiger partial charge in [-0.3, -0.25) is 4.79 Å². The van der Waals surface area contributed by atoms with Crippen LogP contribution in [-0.4, -0.2) is 66.8 Å². The van der Waals surface area contributed by atoms with Gasteiger partial charge in [-0.1, -0.05) is 6.92 Å². The highest BCUT2D eigenvalue weighted by Gasteiger charge is 2.45. The number of urea groups is 1. The van der Waals surface area contributed by atoms with Crippen LogP contribution in [0, 0.1) is 11.3 Å². The van der Waals surface area contributed by atoms with Gasteiger partial charge in [0.15, 0.2) is 0 Å². The molecule has 0 saturated carbocycles. The summed E-state index contributed by atoms with van der Waals surface area (Å²) in [5.41, 5.74) is -0.753. The maximum Gasteiger partial charge on any atom is 0.320 e. The molecule has 0 bridgehead atoms. The summed E-state index contributed by atoms with van der Waals surface area (Å²) in [6, 6.07) is -0.00706. The zero-order chi connectivity index (χ0) is 15.5. The number of carboxylic acid groups (broad SMARTS) is 1. The van der Waals surface area contributed by atoms with E-state index in [9.17, 15) is 14.7 Å². The molecule has 2 fully saturated rings. The summed E-state index contributed by atoms with van der Waals surface area (Å²) in [6.45, 7) is 4.93. The van der Waals surface area contributed by atoms with Crippen LogP contribution in [0.15, 0.2) is 0 Å². The van der Waals surface area contributed by atoms with Crippen LogP contribution < -0.4 is 0 Å². The summed E-state index contributed by atoms with van der Waals surface area (Å²) in [5.74, 6) is -0.387. The highest BCUT2D eigenvalue weighted by atomic mass is 16.5. The van der Waals surface area contributed by atoms with Crippen molar-refractivity contribution < 1.29 is 19.4 Å². The largest absolute Gasteiger partial charge is 0.481 e. The summed E-state index contributed by atoms with van der Waals surface area (Å²) >= 11 is 0. The summed E-state index contributed by atoms with van der Waals surface area (Å²) in [7, 11) is 1.68. The van der Waals surface area contributed by atoms with Gasteiger partial charge < -0.3 is 19.6 Å². The number of carboxylic acids is 1. The van der Waals surface area contributed by atoms with Gasteiger partial charge in [0, 0.05) is 39.2 Å². The number of piperidine rings is 1. The van der Waals surface area contributed by atoms with Crippen molar-refractivity contribution in [3.63, 3.8) is 0 Å². The van der Waals surface area contributed by atoms with Crippen LogP contribution in [0.3, 0.4) is 0 Å². The van der Waals surface area contributed by atoms with Crippen LogP contribution >= 0.6 is 0 Å². The second-order valence-electron chi connectivity index (χ2n) is 6.30. The fourth-order valence-electron chi connectivity index (χ4n) is 3.46. The summed E-state index contributed by atoms with van der Waals surface area (Å²) < 4.78 is 5.19. The molecule has 2 unspecified atom stereocenters. The number of hydrogen-bond donors (Lipinski definition) is 1. The number of ether oxygens (including phenoxy) is 1. The van der Waals surface area contributed by atoms with Crippen molar-refractivity contribution >= 4 is 12.0 Å². The van der Waals surface area contributed by atoms with Crippen LogP contribution in [0.5, 0.6) is 0 Å². The molecule has 0 spiro atoms. The fourth-order valence-corrected chi connectivity index (χ4v) is 3.46. The molecule has 0 radical (unpaired) electrons. The summed E-state index contributed by atoms with van der Waals surface area (Å²) in [4.78, 5) is 27.6. The molecule has 2 atom stereocenters. The van der Waals surface area contributed by atoms with E-state index >= 15 is 0 Å². The van der Waals surface area contributed by atoms with Gasteiger partial charge in [0.2, 0.25) is 0 Å². The van der Waals surface area contributed by atoms with Crippen LogP contribution in [-0.2, 0) is 9.53 Å². The van der Waals surface area contributed by atoms with E-state index in [1.165, 1.54) is 0 Å². The number of rotatable bonds is 4. The molecule has 120 valence electrons. The molecule has 0 aromatic rings. The van der Waals surface area contributed by atoms with Gasteiger partial charge in [0.05, 0.1) is 12.0 Å². The lowest BCUT2D eigenvalue weighted by Gasteiger charge is -2.35. The van der Waals surface area contributed by atoms with Gasteiger partial charge in [0.1, 0.15) is 0 Å². The number of carbonyl (C=O) groups is 2. The predicted molar refractivity (Wildman–Crippen MR) is 78.1 cm³/mol. The van der Waals surface area contributed by atoms with E-state index in [0.717, 1.165) is 25.9 Å². The average molecular weight is 298 g/mol. The molecule has 0 aromatic carbocycles. The summed E-state index contributed by atoms with van der Waals surface area (Å²) in [6.07, 6.45) is 3.20. The molecule has 21 heavy (non-hydrogen) atoms. The Balaban J connectivity index is 1.96. The Kier molecular flexibility index (Phi) is 5.08. The van der Waals surface area contributed by atoms with Crippen molar-refractivity contribution in [2.24, 2.45) is 11.3 Å². The minimum absolute atomic E-state index is 0.00706. The Labute approximate surface area is 126 Å². The normalized spacial score (nSPS) is 29.7. The minimum atomic E-state index is -0.781. The lowest BCUT2D eigenvalue weighted by molar-refractivity contribution is -0.148. The standard InChI is InChI=1S/C15H26N2O4/c1-3-15(13(18)19)6-8-17(11-15)14(20)16-7-4-5-12(9-16)10-21-2/h12H,3-11H2,1-2H3,(H,18,19). The highest BCUT2D eigenvalue weighted by molar-refractivity contribution is 5.79. The van der Waals surface area contributed by atoms with Crippen LogP contribution in [0.2, 0.25) is 0 Å². The molecule has 2 aliphatic heterocycles. The van der Waals surface area contributed by atoms with Gasteiger partial charge >= 0.3 is 12.0 Å². The molecule has 2 amide bonds. The van der Waals surface area contributed by atoms with E-state index in [-0.39, 0.29) is 6.03 Å². The summed E-state index contributed by atoms with van der Waals surface area (Å²) in [5, 5.41) is 9.42. The Morgan fingerprint density at radius 3 is 2.67 bits per heavy atom. The van der Waals surface area contributed by atoms with Crippen LogP contribution in [0.1, 0.15) is 32.6 Å². The van der Waals surface area contributed by atoms with Gasteiger partial charge in [-0.2, -0.15) is 0 Å². The van der Waals surface area contributed by atoms with Crippen molar-refractivity contribution in [3.05, 3.63) is 0 Å². The van der Waals surface area contributed by atoms with Crippen LogP contribution in [0.25, 0.3) is 0 Å². The number of methoxy groups -OCH3 is 1. The number of amides is 2. The van der Waals surface area contributed by atoms with Crippen molar-refractivity contribution in [3.8, 4) is 0 Å². The third kappa shape index (κ3) is 3.31. The molecule has 6 nitrogen and oxygen atoms in total. The van der Waals surface area contributed by atoms with E-state index in [1.54, 1.807) is 12.0 Å². The van der Waals surface area contributed by atoms with Gasteiger partial charge in [-0.25, -0.2) is 4.79 Å². The Bertz CT molecular complexity index is 399. The van der Waals surface area contributed by atoms with E-state index in [0.29, 0.717) is 38.5 Å². The van der Waals surface area contributed by atoms with Gasteiger partial charge in [0.25, 0.3) is 0 Å². The first-order valence-corrected chi connectivity index (χ1v) is 7.78. The second kappa shape index (κ2) is 6.64. The van der Waals surface area contributed by atoms with E-state index in [2.05, 4.69) is 0 Å². The number of likely N-dealkylation sites (tertiary alicyclic amines) is 2. The smallest absolute Gasteiger partial charge is 0.320 e. The number of aliphatic carboxylic acids is 1. The van der Waals surface area contributed by atoms with Gasteiger partial charge in [-0.15, -0.1) is 0 Å². The molecule has 6 heteroatoms. The van der Waals surface area contributed by atoms with E-state index < -0.39 is 11.4 Å². The predicted octanol–water partition coefficient (Wildman–Crippen LogP) is 1.65. The Morgan fingerprint density at radius 1 is 1.33 bits per heavy atom. The molecule has 2 aliphatic rings. The molecule has 1 N–H and O–H groups in total. The molecule has 2 heterocycles. The molecule has 2 rings (SSSR count). The zero-order valence-corrected chi connectivity index (χ0v) is 13.0. The Morgan fingerprint density at radius 2 is 2.10 bits per heavy atom. The number of carbonyl (C=O) groups excluding carboxylic acids is 1. The van der Waals surface area contributed by atoms with Crippen molar-refractivity contribution in [2.45, 2.75) is 32.6 Å². The van der Waals surface area contributed by atoms with Crippen molar-refractivity contribution in [1.29, 1.82) is 0 Å². The van der Waals surface area contributed by atoms with E-state index in [1.807, 2.05) is 11.8 Å². The highest BCUT2D eigenvalue weighted by Crippen LogP contribution is 2.35. The fraction of sp³-hybridized carbons (Fsp3) is 0.867. The maximum atomic E-state index is 12.6. The first-order valence-electron chi connectivity index (χ1n) is 7.78. The molecule has 0 aliphatic carbocycles. The monoisotopic (exact) mass is 298 g/mol. The van der Waals surface area contributed by atoms with Gasteiger partial charge in [-0.05, 0) is 25.7 Å². The second-order valence-corrected chi connectivity index (χ2v) is 6.30. The quantitative estimate of drug-likeness (QED) is 0.857. The number of hydrogen-bond acceptors (Lipinski definition) is 3. The topological polar surface area (TPSA) is 70.1 Å². The molecular formula is C15H26N2O4. The SMILES string of the molecule is CCC1(C(=O)O)CCN(C(=O)N2CCCC(COC)C2)C1. The average Bonchev–Trinajstić information content (AvgIpc) is 2.93. The minimum Gasteiger partial charge on any atom is -0.481 e. The first-order chi connectivity index (χ1) is 10.0. The third-order valence-corrected chi connectivity index (χ3v) is 4.95. The van der Waals surface area contributed by atoms with E-state index in [4.69, 9.17) is 4.74 Å². The molecular weight excluding hydrogens is 272 g/mol. The Hall–Kier alpha value is -1.30. The van der Waals surface area contributed by atoms with Crippen molar-refractivity contribution in [2.75, 3.05) is 39.9 Å². The zero-order valence-electron chi connectivity index (χ0n) is 13.0. The molecule has 2 saturated heterocycles. The lowest BCUT2D eigenvalue weighted by Crippen LogP contribution is -2.48. The molecule has 0 aromatic heterocycles. The third-order valence-electron chi connectivity index (χ3n) is 4.95. The lowest BCUT2D eigenvalue weighted by atomic mass is 9.84.